The van der Waals surface area contributed by atoms with E-state index in [-0.39, 0.29) is 23.8 Å². The number of carbonyl (C=O) groups excluding carboxylic acids is 1. The van der Waals surface area contributed by atoms with Crippen molar-refractivity contribution in [1.29, 1.82) is 0 Å². The van der Waals surface area contributed by atoms with Crippen molar-refractivity contribution in [2.75, 3.05) is 0 Å². The molecule has 0 aliphatic carbocycles. The quantitative estimate of drug-likeness (QED) is 0.691. The lowest BCUT2D eigenvalue weighted by Crippen LogP contribution is -2.19. The molecule has 0 atom stereocenters. The van der Waals surface area contributed by atoms with Crippen LogP contribution in [-0.2, 0) is 6.54 Å². The molecule has 0 radical (unpaired) electrons. The van der Waals surface area contributed by atoms with Crippen molar-refractivity contribution in [3.05, 3.63) is 42.1 Å². The molecule has 1 amide bonds. The van der Waals surface area contributed by atoms with E-state index in [0.29, 0.717) is 11.6 Å². The Balaban J connectivity index is 2.00. The van der Waals surface area contributed by atoms with Gasteiger partial charge in [0.05, 0.1) is 11.9 Å². The molecule has 0 spiro atoms. The first kappa shape index (κ1) is 13.8. The van der Waals surface area contributed by atoms with Gasteiger partial charge < -0.3 is 16.0 Å². The number of aromatic nitrogens is 5. The van der Waals surface area contributed by atoms with Crippen molar-refractivity contribution >= 4 is 5.91 Å². The number of rotatable bonds is 4. The van der Waals surface area contributed by atoms with E-state index in [1.807, 2.05) is 0 Å². The van der Waals surface area contributed by atoms with E-state index in [9.17, 15) is 4.79 Å². The van der Waals surface area contributed by atoms with Gasteiger partial charge in [0.1, 0.15) is 5.69 Å². The molecule has 0 saturated carbocycles. The highest BCUT2D eigenvalue weighted by Gasteiger charge is 2.16. The summed E-state index contributed by atoms with van der Waals surface area (Å²) in [5.74, 6) is -0.208. The first-order chi connectivity index (χ1) is 10.7. The number of amides is 1. The first-order valence-corrected chi connectivity index (χ1v) is 6.29. The predicted molar refractivity (Wildman–Crippen MR) is 75.0 cm³/mol. The molecule has 9 heteroatoms. The minimum atomic E-state index is -0.715. The monoisotopic (exact) mass is 297 g/mol. The zero-order valence-corrected chi connectivity index (χ0v) is 11.3. The van der Waals surface area contributed by atoms with Crippen LogP contribution < -0.4 is 11.5 Å². The highest BCUT2D eigenvalue weighted by molar-refractivity contribution is 5.92. The van der Waals surface area contributed by atoms with Gasteiger partial charge >= 0.3 is 0 Å². The van der Waals surface area contributed by atoms with Crippen molar-refractivity contribution in [3.63, 3.8) is 0 Å². The molecule has 0 aromatic carbocycles. The molecule has 3 rings (SSSR count). The van der Waals surface area contributed by atoms with Crippen LogP contribution in [0.25, 0.3) is 23.0 Å². The van der Waals surface area contributed by atoms with Gasteiger partial charge in [-0.25, -0.2) is 4.98 Å². The fraction of sp³-hybridized carbons (Fsp3) is 0.0769. The highest BCUT2D eigenvalue weighted by atomic mass is 16.5. The molecule has 3 heterocycles. The summed E-state index contributed by atoms with van der Waals surface area (Å²) in [6.45, 7) is 0.0556. The molecule has 0 saturated heterocycles. The van der Waals surface area contributed by atoms with Crippen LogP contribution in [0.15, 0.2) is 35.2 Å². The van der Waals surface area contributed by atoms with E-state index >= 15 is 0 Å². The minimum absolute atomic E-state index is 0.00439. The third-order valence-electron chi connectivity index (χ3n) is 2.86. The molecule has 0 unspecified atom stereocenters. The number of carbonyl (C=O) groups is 1. The zero-order valence-electron chi connectivity index (χ0n) is 11.3. The number of pyridine rings is 1. The summed E-state index contributed by atoms with van der Waals surface area (Å²) in [6.07, 6.45) is 4.64. The van der Waals surface area contributed by atoms with Gasteiger partial charge in [-0.1, -0.05) is 5.16 Å². The Labute approximate surface area is 124 Å². The number of nitrogens with zero attached hydrogens (tertiary/aromatic N) is 5. The van der Waals surface area contributed by atoms with Crippen molar-refractivity contribution in [2.24, 2.45) is 11.5 Å². The normalized spacial score (nSPS) is 10.6. The Bertz CT molecular complexity index is 816. The van der Waals surface area contributed by atoms with Crippen LogP contribution in [0.1, 0.15) is 16.2 Å². The van der Waals surface area contributed by atoms with Crippen LogP contribution in [0.5, 0.6) is 0 Å². The summed E-state index contributed by atoms with van der Waals surface area (Å²) < 4.78 is 5.16. The molecule has 0 fully saturated rings. The topological polar surface area (TPSA) is 147 Å². The van der Waals surface area contributed by atoms with Gasteiger partial charge in [0.2, 0.25) is 5.82 Å². The van der Waals surface area contributed by atoms with Crippen LogP contribution in [0.2, 0.25) is 0 Å². The Kier molecular flexibility index (Phi) is 3.54. The molecule has 22 heavy (non-hydrogen) atoms. The van der Waals surface area contributed by atoms with Crippen LogP contribution in [-0.4, -0.2) is 31.0 Å². The standard InChI is InChI=1S/C13H11N7O2/c14-5-8-10(11(15)21)18-9(6-17-8)12-19-13(22-20-12)7-1-3-16-4-2-7/h1-4,6H,5,14H2,(H2,15,21). The fourth-order valence-corrected chi connectivity index (χ4v) is 1.81. The molecule has 3 aromatic heterocycles. The lowest BCUT2D eigenvalue weighted by atomic mass is 10.2. The number of hydrogen-bond donors (Lipinski definition) is 2. The van der Waals surface area contributed by atoms with Crippen LogP contribution in [0.4, 0.5) is 0 Å². The van der Waals surface area contributed by atoms with Gasteiger partial charge in [0.25, 0.3) is 11.8 Å². The second-order valence-electron chi connectivity index (χ2n) is 4.28. The van der Waals surface area contributed by atoms with E-state index in [0.717, 1.165) is 5.56 Å². The zero-order chi connectivity index (χ0) is 15.5. The average molecular weight is 297 g/mol. The Morgan fingerprint density at radius 1 is 1.23 bits per heavy atom. The predicted octanol–water partition coefficient (Wildman–Crippen LogP) is 0.146. The number of nitrogens with two attached hydrogens (primary N) is 2. The number of primary amides is 1. The molecular weight excluding hydrogens is 286 g/mol. The molecule has 0 aliphatic heterocycles. The third kappa shape index (κ3) is 2.52. The smallest absolute Gasteiger partial charge is 0.269 e. The van der Waals surface area contributed by atoms with Gasteiger partial charge in [-0.2, -0.15) is 4.98 Å². The minimum Gasteiger partial charge on any atom is -0.364 e. The SMILES string of the molecule is NCc1ncc(-c2noc(-c3ccncc3)n2)nc1C(N)=O. The van der Waals surface area contributed by atoms with E-state index in [2.05, 4.69) is 25.1 Å². The molecule has 0 aliphatic rings. The van der Waals surface area contributed by atoms with Crippen molar-refractivity contribution in [1.82, 2.24) is 25.1 Å². The molecule has 110 valence electrons. The van der Waals surface area contributed by atoms with Crippen molar-refractivity contribution < 1.29 is 9.32 Å². The second-order valence-corrected chi connectivity index (χ2v) is 4.28. The Morgan fingerprint density at radius 3 is 2.68 bits per heavy atom. The number of hydrogen-bond acceptors (Lipinski definition) is 8. The third-order valence-corrected chi connectivity index (χ3v) is 2.86. The highest BCUT2D eigenvalue weighted by Crippen LogP contribution is 2.20. The van der Waals surface area contributed by atoms with E-state index in [1.165, 1.54) is 6.20 Å². The van der Waals surface area contributed by atoms with E-state index in [4.69, 9.17) is 16.0 Å². The average Bonchev–Trinajstić information content (AvgIpc) is 3.05. The molecular formula is C13H11N7O2. The second kappa shape index (κ2) is 5.66. The van der Waals surface area contributed by atoms with Gasteiger partial charge in [-0.15, -0.1) is 0 Å². The Morgan fingerprint density at radius 2 is 2.00 bits per heavy atom. The maximum absolute atomic E-state index is 11.4. The first-order valence-electron chi connectivity index (χ1n) is 6.29. The van der Waals surface area contributed by atoms with Crippen LogP contribution >= 0.6 is 0 Å². The largest absolute Gasteiger partial charge is 0.364 e. The molecule has 0 bridgehead atoms. The summed E-state index contributed by atoms with van der Waals surface area (Å²) >= 11 is 0. The van der Waals surface area contributed by atoms with Crippen LogP contribution in [0.3, 0.4) is 0 Å². The fourth-order valence-electron chi connectivity index (χ4n) is 1.81. The van der Waals surface area contributed by atoms with Gasteiger partial charge in [0, 0.05) is 24.5 Å². The summed E-state index contributed by atoms with van der Waals surface area (Å²) in [6, 6.07) is 3.46. The molecule has 3 aromatic rings. The van der Waals surface area contributed by atoms with Crippen molar-refractivity contribution in [2.45, 2.75) is 6.54 Å². The summed E-state index contributed by atoms with van der Waals surface area (Å²) in [5.41, 5.74) is 12.1. The van der Waals surface area contributed by atoms with E-state index in [1.54, 1.807) is 24.5 Å². The maximum Gasteiger partial charge on any atom is 0.269 e. The maximum atomic E-state index is 11.4. The Hall–Kier alpha value is -3.20. The summed E-state index contributed by atoms with van der Waals surface area (Å²) in [7, 11) is 0. The van der Waals surface area contributed by atoms with Crippen LogP contribution in [0, 0.1) is 0 Å². The lowest BCUT2D eigenvalue weighted by molar-refractivity contribution is 0.0994. The van der Waals surface area contributed by atoms with Gasteiger partial charge in [-0.3, -0.25) is 14.8 Å². The summed E-state index contributed by atoms with van der Waals surface area (Å²) in [4.78, 5) is 27.7. The van der Waals surface area contributed by atoms with Crippen molar-refractivity contribution in [3.8, 4) is 23.0 Å². The lowest BCUT2D eigenvalue weighted by Gasteiger charge is -2.03. The molecule has 4 N–H and O–H groups in total. The summed E-state index contributed by atoms with van der Waals surface area (Å²) in [5, 5.41) is 3.83. The van der Waals surface area contributed by atoms with Gasteiger partial charge in [0.15, 0.2) is 5.69 Å². The molecule has 9 nitrogen and oxygen atoms in total. The van der Waals surface area contributed by atoms with Gasteiger partial charge in [-0.05, 0) is 12.1 Å². The van der Waals surface area contributed by atoms with E-state index < -0.39 is 5.91 Å².